The van der Waals surface area contributed by atoms with Crippen LogP contribution in [0.2, 0.25) is 0 Å². The third-order valence-electron chi connectivity index (χ3n) is 2.05. The minimum absolute atomic E-state index is 0.139. The number of alkyl halides is 3. The molecule has 0 amide bonds. The first kappa shape index (κ1) is 12.8. The average molecular weight is 257 g/mol. The largest absolute Gasteiger partial charge is 0.516 e. The third kappa shape index (κ3) is 2.13. The molecule has 1 rings (SSSR count). The number of nitrogens with zero attached hydrogens (tertiary/aromatic N) is 2. The van der Waals surface area contributed by atoms with E-state index in [0.29, 0.717) is 5.69 Å². The molecule has 1 aromatic heterocycles. The summed E-state index contributed by atoms with van der Waals surface area (Å²) in [6, 6.07) is 0. The van der Waals surface area contributed by atoms with Crippen LogP contribution >= 0.6 is 0 Å². The number of anilines is 1. The van der Waals surface area contributed by atoms with E-state index in [-0.39, 0.29) is 11.4 Å². The van der Waals surface area contributed by atoms with Crippen LogP contribution in [0.15, 0.2) is 0 Å². The number of halogens is 3. The van der Waals surface area contributed by atoms with Gasteiger partial charge in [-0.05, 0) is 13.8 Å². The molecule has 0 unspecified atom stereocenters. The second-order valence-electron chi connectivity index (χ2n) is 3.22. The summed E-state index contributed by atoms with van der Waals surface area (Å²) in [5.74, 6) is 0. The molecule has 92 valence electrons. The van der Waals surface area contributed by atoms with E-state index in [1.807, 2.05) is 0 Å². The fourth-order valence-corrected chi connectivity index (χ4v) is 1.79. The van der Waals surface area contributed by atoms with Crippen LogP contribution in [0.4, 0.5) is 18.9 Å². The molecule has 0 fully saturated rings. The standard InChI is InChI=1S/C7H10F3N3O2S/c1-4-6(5(2)13(3)11-4)12-16(14,15)7(8,9)10/h12H,1-3H3. The van der Waals surface area contributed by atoms with Crippen LogP contribution in [-0.2, 0) is 17.1 Å². The van der Waals surface area contributed by atoms with Crippen LogP contribution in [0.1, 0.15) is 11.4 Å². The summed E-state index contributed by atoms with van der Waals surface area (Å²) in [4.78, 5) is 0. The number of hydrogen-bond donors (Lipinski definition) is 1. The number of hydrogen-bond acceptors (Lipinski definition) is 3. The number of nitrogens with one attached hydrogen (secondary N) is 1. The molecule has 1 heterocycles. The van der Waals surface area contributed by atoms with Gasteiger partial charge in [0.1, 0.15) is 0 Å². The molecule has 0 radical (unpaired) electrons. The van der Waals surface area contributed by atoms with Crippen molar-refractivity contribution in [3.05, 3.63) is 11.4 Å². The highest BCUT2D eigenvalue weighted by Gasteiger charge is 2.46. The zero-order valence-corrected chi connectivity index (χ0v) is 9.57. The van der Waals surface area contributed by atoms with Crippen LogP contribution < -0.4 is 4.72 Å². The van der Waals surface area contributed by atoms with Crippen molar-refractivity contribution < 1.29 is 21.6 Å². The highest BCUT2D eigenvalue weighted by atomic mass is 32.2. The van der Waals surface area contributed by atoms with E-state index in [1.165, 1.54) is 30.3 Å². The van der Waals surface area contributed by atoms with Crippen LogP contribution in [0.3, 0.4) is 0 Å². The van der Waals surface area contributed by atoms with Crippen LogP contribution in [-0.4, -0.2) is 23.7 Å². The van der Waals surface area contributed by atoms with E-state index in [9.17, 15) is 21.6 Å². The molecule has 0 aliphatic rings. The van der Waals surface area contributed by atoms with Gasteiger partial charge < -0.3 is 0 Å². The van der Waals surface area contributed by atoms with Crippen molar-refractivity contribution in [2.45, 2.75) is 19.4 Å². The van der Waals surface area contributed by atoms with Crippen LogP contribution in [0.25, 0.3) is 0 Å². The molecular weight excluding hydrogens is 247 g/mol. The van der Waals surface area contributed by atoms with Gasteiger partial charge in [-0.15, -0.1) is 0 Å². The van der Waals surface area contributed by atoms with E-state index < -0.39 is 15.5 Å². The lowest BCUT2D eigenvalue weighted by molar-refractivity contribution is -0.0429. The van der Waals surface area contributed by atoms with Gasteiger partial charge in [-0.25, -0.2) is 0 Å². The highest BCUT2D eigenvalue weighted by molar-refractivity contribution is 7.93. The van der Waals surface area contributed by atoms with Gasteiger partial charge in [-0.2, -0.15) is 26.7 Å². The Balaban J connectivity index is 3.16. The van der Waals surface area contributed by atoms with Crippen molar-refractivity contribution >= 4 is 15.7 Å². The number of rotatable bonds is 2. The Hall–Kier alpha value is -1.25. The SMILES string of the molecule is Cc1nn(C)c(C)c1NS(=O)(=O)C(F)(F)F. The van der Waals surface area contributed by atoms with Crippen LogP contribution in [0, 0.1) is 13.8 Å². The fourth-order valence-electron chi connectivity index (χ4n) is 1.11. The van der Waals surface area contributed by atoms with Crippen molar-refractivity contribution in [3.63, 3.8) is 0 Å². The Morgan fingerprint density at radius 2 is 1.81 bits per heavy atom. The molecule has 16 heavy (non-hydrogen) atoms. The van der Waals surface area contributed by atoms with Crippen molar-refractivity contribution in [3.8, 4) is 0 Å². The summed E-state index contributed by atoms with van der Waals surface area (Å²) < 4.78 is 60.8. The summed E-state index contributed by atoms with van der Waals surface area (Å²) in [6.07, 6.45) is 0. The van der Waals surface area contributed by atoms with E-state index in [0.717, 1.165) is 0 Å². The van der Waals surface area contributed by atoms with Gasteiger partial charge in [-0.1, -0.05) is 0 Å². The van der Waals surface area contributed by atoms with E-state index in [2.05, 4.69) is 5.10 Å². The molecule has 0 saturated carbocycles. The number of sulfonamides is 1. The zero-order chi connectivity index (χ0) is 12.7. The zero-order valence-electron chi connectivity index (χ0n) is 8.75. The maximum atomic E-state index is 12.1. The smallest absolute Gasteiger partial charge is 0.272 e. The monoisotopic (exact) mass is 257 g/mol. The molecule has 1 aromatic rings. The Morgan fingerprint density at radius 1 is 1.31 bits per heavy atom. The van der Waals surface area contributed by atoms with Crippen LogP contribution in [0.5, 0.6) is 0 Å². The normalized spacial score (nSPS) is 12.9. The van der Waals surface area contributed by atoms with Crippen molar-refractivity contribution in [2.75, 3.05) is 4.72 Å². The predicted octanol–water partition coefficient (Wildman–Crippen LogP) is 1.30. The van der Waals surface area contributed by atoms with Gasteiger partial charge >= 0.3 is 15.5 Å². The maximum absolute atomic E-state index is 12.1. The minimum Gasteiger partial charge on any atom is -0.272 e. The molecule has 0 saturated heterocycles. The lowest BCUT2D eigenvalue weighted by atomic mass is 10.3. The van der Waals surface area contributed by atoms with Gasteiger partial charge in [0.25, 0.3) is 0 Å². The Bertz CT molecular complexity index is 504. The number of aromatic nitrogens is 2. The van der Waals surface area contributed by atoms with Gasteiger partial charge in [0.15, 0.2) is 0 Å². The molecule has 0 aliphatic carbocycles. The first-order chi connectivity index (χ1) is 7.06. The summed E-state index contributed by atoms with van der Waals surface area (Å²) in [6.45, 7) is 2.88. The Labute approximate surface area is 90.3 Å². The van der Waals surface area contributed by atoms with Gasteiger partial charge in [-0.3, -0.25) is 9.40 Å². The molecule has 9 heteroatoms. The van der Waals surface area contributed by atoms with Crippen molar-refractivity contribution in [2.24, 2.45) is 7.05 Å². The van der Waals surface area contributed by atoms with E-state index in [4.69, 9.17) is 0 Å². The summed E-state index contributed by atoms with van der Waals surface area (Å²) in [7, 11) is -3.88. The lowest BCUT2D eigenvalue weighted by Gasteiger charge is -2.10. The average Bonchev–Trinajstić information content (AvgIpc) is 2.30. The quantitative estimate of drug-likeness (QED) is 0.868. The lowest BCUT2D eigenvalue weighted by Crippen LogP contribution is -2.30. The van der Waals surface area contributed by atoms with Gasteiger partial charge in [0.2, 0.25) is 0 Å². The Morgan fingerprint density at radius 3 is 2.12 bits per heavy atom. The molecule has 5 nitrogen and oxygen atoms in total. The predicted molar refractivity (Wildman–Crippen MR) is 51.3 cm³/mol. The van der Waals surface area contributed by atoms with Crippen molar-refractivity contribution in [1.82, 2.24) is 9.78 Å². The summed E-state index contributed by atoms with van der Waals surface area (Å²) >= 11 is 0. The van der Waals surface area contributed by atoms with Gasteiger partial charge in [0.05, 0.1) is 17.1 Å². The summed E-state index contributed by atoms with van der Waals surface area (Å²) in [5.41, 5.74) is -4.97. The molecule has 0 bridgehead atoms. The molecule has 0 aromatic carbocycles. The fraction of sp³-hybridized carbons (Fsp3) is 0.571. The number of aryl methyl sites for hydroxylation is 2. The Kier molecular flexibility index (Phi) is 2.92. The summed E-state index contributed by atoms with van der Waals surface area (Å²) in [5, 5.41) is 3.80. The second-order valence-corrected chi connectivity index (χ2v) is 4.89. The molecule has 1 N–H and O–H groups in total. The second kappa shape index (κ2) is 3.65. The first-order valence-corrected chi connectivity index (χ1v) is 5.64. The molecule has 0 atom stereocenters. The molecule has 0 spiro atoms. The molecular formula is C7H10F3N3O2S. The topological polar surface area (TPSA) is 64.0 Å². The van der Waals surface area contributed by atoms with E-state index >= 15 is 0 Å². The molecule has 0 aliphatic heterocycles. The van der Waals surface area contributed by atoms with E-state index in [1.54, 1.807) is 0 Å². The third-order valence-corrected chi connectivity index (χ3v) is 3.13. The van der Waals surface area contributed by atoms with Crippen molar-refractivity contribution in [1.29, 1.82) is 0 Å². The highest BCUT2D eigenvalue weighted by Crippen LogP contribution is 2.28. The van der Waals surface area contributed by atoms with Gasteiger partial charge in [0, 0.05) is 7.05 Å². The first-order valence-electron chi connectivity index (χ1n) is 4.15. The maximum Gasteiger partial charge on any atom is 0.516 e. The minimum atomic E-state index is -5.39.